The van der Waals surface area contributed by atoms with Crippen molar-refractivity contribution in [3.8, 4) is 11.5 Å². The Morgan fingerprint density at radius 1 is 0.955 bits per heavy atom. The molecular formula is C16H20N2O4. The average Bonchev–Trinajstić information content (AvgIpc) is 2.51. The Bertz CT molecular complexity index is 657. The number of nitro benzene ring substituents is 1. The average molecular weight is 304 g/mol. The van der Waals surface area contributed by atoms with Crippen LogP contribution in [0.25, 0.3) is 0 Å². The van der Waals surface area contributed by atoms with Gasteiger partial charge in [0.2, 0.25) is 0 Å². The highest BCUT2D eigenvalue weighted by Gasteiger charge is 2.10. The summed E-state index contributed by atoms with van der Waals surface area (Å²) in [5, 5.41) is 10.4. The van der Waals surface area contributed by atoms with E-state index in [9.17, 15) is 10.1 Å². The van der Waals surface area contributed by atoms with E-state index in [1.165, 1.54) is 13.2 Å². The monoisotopic (exact) mass is 304 g/mol. The number of aryl methyl sites for hydroxylation is 2. The molecule has 0 unspecified atom stereocenters. The molecule has 0 aliphatic heterocycles. The van der Waals surface area contributed by atoms with E-state index < -0.39 is 4.92 Å². The fourth-order valence-electron chi connectivity index (χ4n) is 1.66. The molecule has 0 saturated carbocycles. The zero-order valence-electron chi connectivity index (χ0n) is 13.1. The van der Waals surface area contributed by atoms with Gasteiger partial charge in [-0.25, -0.2) is 0 Å². The lowest BCUT2D eigenvalue weighted by atomic mass is 10.2. The number of nitro groups is 1. The molecule has 0 saturated heterocycles. The molecule has 0 aliphatic carbocycles. The van der Waals surface area contributed by atoms with Crippen LogP contribution < -0.4 is 15.2 Å². The molecule has 2 rings (SSSR count). The van der Waals surface area contributed by atoms with Crippen LogP contribution in [0.5, 0.6) is 11.5 Å². The van der Waals surface area contributed by atoms with Gasteiger partial charge in [0.05, 0.1) is 25.2 Å². The van der Waals surface area contributed by atoms with Gasteiger partial charge in [-0.3, -0.25) is 10.1 Å². The van der Waals surface area contributed by atoms with Crippen molar-refractivity contribution in [2.45, 2.75) is 13.8 Å². The van der Waals surface area contributed by atoms with E-state index in [0.717, 1.165) is 17.0 Å². The van der Waals surface area contributed by atoms with Crippen LogP contribution in [0.2, 0.25) is 0 Å². The van der Waals surface area contributed by atoms with Crippen LogP contribution in [-0.4, -0.2) is 19.1 Å². The minimum absolute atomic E-state index is 0.0920. The third kappa shape index (κ3) is 4.66. The van der Waals surface area contributed by atoms with Gasteiger partial charge < -0.3 is 15.2 Å². The second-order valence-corrected chi connectivity index (χ2v) is 4.63. The quantitative estimate of drug-likeness (QED) is 0.532. The second kappa shape index (κ2) is 7.87. The van der Waals surface area contributed by atoms with Crippen molar-refractivity contribution in [3.05, 3.63) is 57.6 Å². The molecule has 0 radical (unpaired) electrons. The van der Waals surface area contributed by atoms with Gasteiger partial charge in [-0.2, -0.15) is 0 Å². The number of nitrogen functional groups attached to an aromatic ring is 1. The molecule has 0 aromatic heterocycles. The molecule has 2 N–H and O–H groups in total. The first kappa shape index (κ1) is 17.3. The van der Waals surface area contributed by atoms with Gasteiger partial charge in [-0.15, -0.1) is 0 Å². The molecule has 118 valence electrons. The third-order valence-electron chi connectivity index (χ3n) is 3.10. The van der Waals surface area contributed by atoms with Crippen molar-refractivity contribution in [2.75, 3.05) is 20.0 Å². The maximum absolute atomic E-state index is 10.4. The Kier molecular flexibility index (Phi) is 6.19. The van der Waals surface area contributed by atoms with E-state index in [1.807, 2.05) is 25.1 Å². The molecule has 6 nitrogen and oxygen atoms in total. The number of hydrogen-bond acceptors (Lipinski definition) is 5. The number of benzene rings is 2. The first-order valence-electron chi connectivity index (χ1n) is 6.58. The predicted molar refractivity (Wildman–Crippen MR) is 86.5 cm³/mol. The van der Waals surface area contributed by atoms with Gasteiger partial charge in [0.15, 0.2) is 0 Å². The zero-order chi connectivity index (χ0) is 16.7. The molecular weight excluding hydrogens is 284 g/mol. The SMILES string of the molecule is COc1ccc(C)c(N)c1.COc1ccc(C)c([N+](=O)[O-])c1. The predicted octanol–water partition coefficient (Wildman–Crippen LogP) is 3.50. The first-order valence-corrected chi connectivity index (χ1v) is 6.58. The summed E-state index contributed by atoms with van der Waals surface area (Å²) in [5.74, 6) is 1.32. The number of ether oxygens (including phenoxy) is 2. The van der Waals surface area contributed by atoms with Crippen LogP contribution >= 0.6 is 0 Å². The Labute approximate surface area is 129 Å². The minimum atomic E-state index is -0.419. The van der Waals surface area contributed by atoms with E-state index in [0.29, 0.717) is 11.3 Å². The Hall–Kier alpha value is -2.76. The standard InChI is InChI=1S/C8H9NO3.C8H11NO/c1-6-3-4-7(12-2)5-8(6)9(10)11;1-6-3-4-7(10-2)5-8(6)9/h3-5H,1-2H3;3-5H,9H2,1-2H3. The lowest BCUT2D eigenvalue weighted by Gasteiger charge is -2.02. The molecule has 22 heavy (non-hydrogen) atoms. The highest BCUT2D eigenvalue weighted by atomic mass is 16.6. The Morgan fingerprint density at radius 2 is 1.45 bits per heavy atom. The Morgan fingerprint density at radius 3 is 1.91 bits per heavy atom. The van der Waals surface area contributed by atoms with Gasteiger partial charge in [0, 0.05) is 17.3 Å². The summed E-state index contributed by atoms with van der Waals surface area (Å²) in [6.07, 6.45) is 0. The fraction of sp³-hybridized carbons (Fsp3) is 0.250. The van der Waals surface area contributed by atoms with Crippen LogP contribution in [0.15, 0.2) is 36.4 Å². The lowest BCUT2D eigenvalue weighted by molar-refractivity contribution is -0.385. The third-order valence-corrected chi connectivity index (χ3v) is 3.10. The van der Waals surface area contributed by atoms with E-state index >= 15 is 0 Å². The normalized spacial score (nSPS) is 9.45. The number of methoxy groups -OCH3 is 2. The molecule has 2 aromatic rings. The summed E-state index contributed by atoms with van der Waals surface area (Å²) in [7, 11) is 3.11. The fourth-order valence-corrected chi connectivity index (χ4v) is 1.66. The topological polar surface area (TPSA) is 87.6 Å². The van der Waals surface area contributed by atoms with Crippen LogP contribution in [0, 0.1) is 24.0 Å². The molecule has 6 heteroatoms. The summed E-state index contributed by atoms with van der Waals surface area (Å²) in [6.45, 7) is 3.66. The maximum Gasteiger partial charge on any atom is 0.275 e. The smallest absolute Gasteiger partial charge is 0.275 e. The van der Waals surface area contributed by atoms with Crippen molar-refractivity contribution < 1.29 is 14.4 Å². The zero-order valence-corrected chi connectivity index (χ0v) is 13.1. The largest absolute Gasteiger partial charge is 0.497 e. The molecule has 0 amide bonds. The van der Waals surface area contributed by atoms with Gasteiger partial charge in [0.25, 0.3) is 5.69 Å². The summed E-state index contributed by atoms with van der Waals surface area (Å²) in [4.78, 5) is 10.0. The highest BCUT2D eigenvalue weighted by molar-refractivity contribution is 5.50. The Balaban J connectivity index is 0.000000224. The second-order valence-electron chi connectivity index (χ2n) is 4.63. The molecule has 2 aromatic carbocycles. The van der Waals surface area contributed by atoms with Crippen molar-refractivity contribution in [1.29, 1.82) is 0 Å². The molecule has 0 heterocycles. The number of nitrogens with two attached hydrogens (primary N) is 1. The van der Waals surface area contributed by atoms with Gasteiger partial charge in [-0.1, -0.05) is 6.07 Å². The minimum Gasteiger partial charge on any atom is -0.497 e. The maximum atomic E-state index is 10.4. The summed E-state index contributed by atoms with van der Waals surface area (Å²) in [5.41, 5.74) is 8.21. The summed E-state index contributed by atoms with van der Waals surface area (Å²) >= 11 is 0. The number of rotatable bonds is 3. The van der Waals surface area contributed by atoms with Crippen LogP contribution in [0.4, 0.5) is 11.4 Å². The van der Waals surface area contributed by atoms with E-state index in [2.05, 4.69) is 0 Å². The number of nitrogens with zero attached hydrogens (tertiary/aromatic N) is 1. The molecule has 0 spiro atoms. The number of hydrogen-bond donors (Lipinski definition) is 1. The molecule has 0 bridgehead atoms. The van der Waals surface area contributed by atoms with Crippen molar-refractivity contribution in [2.24, 2.45) is 0 Å². The van der Waals surface area contributed by atoms with E-state index in [-0.39, 0.29) is 5.69 Å². The van der Waals surface area contributed by atoms with Crippen molar-refractivity contribution in [3.63, 3.8) is 0 Å². The van der Waals surface area contributed by atoms with Crippen LogP contribution in [0.1, 0.15) is 11.1 Å². The van der Waals surface area contributed by atoms with Crippen molar-refractivity contribution in [1.82, 2.24) is 0 Å². The van der Waals surface area contributed by atoms with E-state index in [4.69, 9.17) is 15.2 Å². The summed E-state index contributed by atoms with van der Waals surface area (Å²) < 4.78 is 9.83. The van der Waals surface area contributed by atoms with Crippen LogP contribution in [-0.2, 0) is 0 Å². The van der Waals surface area contributed by atoms with Crippen LogP contribution in [0.3, 0.4) is 0 Å². The molecule has 0 fully saturated rings. The van der Waals surface area contributed by atoms with E-state index in [1.54, 1.807) is 26.2 Å². The van der Waals surface area contributed by atoms with Gasteiger partial charge in [0.1, 0.15) is 11.5 Å². The first-order chi connectivity index (χ1) is 10.4. The van der Waals surface area contributed by atoms with Crippen molar-refractivity contribution >= 4 is 11.4 Å². The van der Waals surface area contributed by atoms with Gasteiger partial charge in [-0.05, 0) is 37.6 Å². The summed E-state index contributed by atoms with van der Waals surface area (Å²) in [6, 6.07) is 10.4. The van der Waals surface area contributed by atoms with Gasteiger partial charge >= 0.3 is 0 Å². The molecule has 0 atom stereocenters. The molecule has 0 aliphatic rings. The number of anilines is 1. The highest BCUT2D eigenvalue weighted by Crippen LogP contribution is 2.23. The lowest BCUT2D eigenvalue weighted by Crippen LogP contribution is -1.92.